The first kappa shape index (κ1) is 24.9. The van der Waals surface area contributed by atoms with Crippen molar-refractivity contribution in [2.45, 2.75) is 52.5 Å². The summed E-state index contributed by atoms with van der Waals surface area (Å²) in [7, 11) is 2.04. The Labute approximate surface area is 214 Å². The van der Waals surface area contributed by atoms with Crippen molar-refractivity contribution in [3.05, 3.63) is 42.4 Å². The molecule has 0 spiro atoms. The van der Waals surface area contributed by atoms with Crippen LogP contribution in [0.4, 0.5) is 5.82 Å². The minimum atomic E-state index is 0.0223. The van der Waals surface area contributed by atoms with E-state index in [0.29, 0.717) is 11.7 Å². The van der Waals surface area contributed by atoms with Gasteiger partial charge in [0, 0.05) is 43.8 Å². The van der Waals surface area contributed by atoms with Crippen molar-refractivity contribution in [2.75, 3.05) is 38.0 Å². The molecule has 0 radical (unpaired) electrons. The predicted octanol–water partition coefficient (Wildman–Crippen LogP) is 4.93. The second-order valence-electron chi connectivity index (χ2n) is 11.1. The maximum absolute atomic E-state index is 13.1. The van der Waals surface area contributed by atoms with Gasteiger partial charge in [0.25, 0.3) is 0 Å². The molecular weight excluding hydrogens is 448 g/mol. The van der Waals surface area contributed by atoms with Gasteiger partial charge in [0.05, 0.1) is 17.8 Å². The smallest absolute Gasteiger partial charge is 0.229 e. The number of aryl methyl sites for hydroxylation is 1. The molecule has 4 heterocycles. The molecule has 3 aromatic rings. The molecule has 2 fully saturated rings. The zero-order chi connectivity index (χ0) is 25.1. The van der Waals surface area contributed by atoms with E-state index in [1.807, 2.05) is 30.2 Å². The highest BCUT2D eigenvalue weighted by atomic mass is 16.2. The summed E-state index contributed by atoms with van der Waals surface area (Å²) < 4.78 is 2.01. The highest BCUT2D eigenvalue weighted by molar-refractivity contribution is 5.95. The van der Waals surface area contributed by atoms with Crippen molar-refractivity contribution in [3.63, 3.8) is 0 Å². The van der Waals surface area contributed by atoms with E-state index < -0.39 is 0 Å². The minimum Gasteiger partial charge on any atom is -0.310 e. The van der Waals surface area contributed by atoms with E-state index in [-0.39, 0.29) is 11.8 Å². The van der Waals surface area contributed by atoms with Crippen LogP contribution in [0.25, 0.3) is 21.9 Å². The van der Waals surface area contributed by atoms with Gasteiger partial charge in [-0.05, 0) is 74.3 Å². The quantitative estimate of drug-likeness (QED) is 0.511. The monoisotopic (exact) mass is 488 g/mol. The SMILES string of the molecule is CC(C)CN1CCCC(C(=O)Nc2cc3cc(-c4cnn(C)c4CN4CCCCC4)ccc3cn2)C1. The van der Waals surface area contributed by atoms with Gasteiger partial charge < -0.3 is 10.2 Å². The molecule has 1 aromatic carbocycles. The lowest BCUT2D eigenvalue weighted by Gasteiger charge is -2.32. The number of nitrogens with zero attached hydrogens (tertiary/aromatic N) is 5. The van der Waals surface area contributed by atoms with Gasteiger partial charge in [-0.1, -0.05) is 32.4 Å². The third-order valence-corrected chi connectivity index (χ3v) is 7.67. The van der Waals surface area contributed by atoms with E-state index in [1.165, 1.54) is 30.5 Å². The van der Waals surface area contributed by atoms with Crippen molar-refractivity contribution in [1.82, 2.24) is 24.6 Å². The number of rotatable bonds is 7. The van der Waals surface area contributed by atoms with Crippen LogP contribution in [0, 0.1) is 11.8 Å². The molecule has 7 nitrogen and oxygen atoms in total. The summed E-state index contributed by atoms with van der Waals surface area (Å²) in [5.74, 6) is 1.35. The Morgan fingerprint density at radius 2 is 1.83 bits per heavy atom. The zero-order valence-electron chi connectivity index (χ0n) is 22.0. The van der Waals surface area contributed by atoms with E-state index in [1.54, 1.807) is 0 Å². The molecule has 1 N–H and O–H groups in total. The molecule has 2 aliphatic heterocycles. The second kappa shape index (κ2) is 11.1. The van der Waals surface area contributed by atoms with Crippen LogP contribution in [-0.2, 0) is 18.4 Å². The van der Waals surface area contributed by atoms with Crippen LogP contribution in [0.5, 0.6) is 0 Å². The number of hydrogen-bond donors (Lipinski definition) is 1. The van der Waals surface area contributed by atoms with Crippen molar-refractivity contribution < 1.29 is 4.79 Å². The molecule has 0 bridgehead atoms. The number of likely N-dealkylation sites (tertiary alicyclic amines) is 2. The summed E-state index contributed by atoms with van der Waals surface area (Å²) in [5.41, 5.74) is 3.59. The largest absolute Gasteiger partial charge is 0.310 e. The van der Waals surface area contributed by atoms with E-state index in [2.05, 4.69) is 57.2 Å². The molecule has 192 valence electrons. The summed E-state index contributed by atoms with van der Waals surface area (Å²) in [5, 5.41) is 9.84. The van der Waals surface area contributed by atoms with E-state index in [9.17, 15) is 4.79 Å². The van der Waals surface area contributed by atoms with Gasteiger partial charge in [-0.2, -0.15) is 5.10 Å². The molecule has 0 aliphatic carbocycles. The first-order valence-electron chi connectivity index (χ1n) is 13.6. The molecule has 0 saturated carbocycles. The standard InChI is InChI=1S/C29H40N6O/c1-21(2)18-35-13-7-8-24(19-35)29(36)32-28-15-25-14-22(9-10-23(25)16-30-28)26-17-31-33(3)27(26)20-34-11-5-4-6-12-34/h9-10,14-17,21,24H,4-8,11-13,18-20H2,1-3H3,(H,30,32,36). The van der Waals surface area contributed by atoms with Crippen molar-refractivity contribution in [1.29, 1.82) is 0 Å². The van der Waals surface area contributed by atoms with Gasteiger partial charge in [0.2, 0.25) is 5.91 Å². The molecule has 1 atom stereocenters. The fraction of sp³-hybridized carbons (Fsp3) is 0.552. The van der Waals surface area contributed by atoms with Gasteiger partial charge in [-0.25, -0.2) is 4.98 Å². The summed E-state index contributed by atoms with van der Waals surface area (Å²) >= 11 is 0. The van der Waals surface area contributed by atoms with Crippen LogP contribution in [0.2, 0.25) is 0 Å². The third-order valence-electron chi connectivity index (χ3n) is 7.67. The van der Waals surface area contributed by atoms with Gasteiger partial charge in [-0.3, -0.25) is 14.4 Å². The van der Waals surface area contributed by atoms with Crippen LogP contribution in [0.15, 0.2) is 36.7 Å². The third kappa shape index (κ3) is 5.79. The van der Waals surface area contributed by atoms with Crippen LogP contribution in [0.1, 0.15) is 51.6 Å². The lowest BCUT2D eigenvalue weighted by atomic mass is 9.96. The Balaban J connectivity index is 1.33. The minimum absolute atomic E-state index is 0.0223. The zero-order valence-corrected chi connectivity index (χ0v) is 22.0. The molecule has 2 aliphatic rings. The number of anilines is 1. The van der Waals surface area contributed by atoms with E-state index in [4.69, 9.17) is 0 Å². The predicted molar refractivity (Wildman–Crippen MR) is 146 cm³/mol. The lowest BCUT2D eigenvalue weighted by Crippen LogP contribution is -2.42. The Morgan fingerprint density at radius 1 is 1.03 bits per heavy atom. The maximum Gasteiger partial charge on any atom is 0.229 e. The van der Waals surface area contributed by atoms with Crippen molar-refractivity contribution in [3.8, 4) is 11.1 Å². The number of piperidine rings is 2. The first-order valence-corrected chi connectivity index (χ1v) is 13.6. The fourth-order valence-corrected chi connectivity index (χ4v) is 5.78. The number of amides is 1. The van der Waals surface area contributed by atoms with Gasteiger partial charge in [0.15, 0.2) is 0 Å². The number of hydrogen-bond acceptors (Lipinski definition) is 5. The Morgan fingerprint density at radius 3 is 2.64 bits per heavy atom. The molecule has 1 amide bonds. The number of carbonyl (C=O) groups is 1. The summed E-state index contributed by atoms with van der Waals surface area (Å²) in [4.78, 5) is 22.6. The van der Waals surface area contributed by atoms with Crippen molar-refractivity contribution in [2.24, 2.45) is 18.9 Å². The molecule has 5 rings (SSSR count). The average molecular weight is 489 g/mol. The van der Waals surface area contributed by atoms with Crippen LogP contribution in [-0.4, -0.2) is 63.2 Å². The molecule has 2 aromatic heterocycles. The summed E-state index contributed by atoms with van der Waals surface area (Å²) in [6, 6.07) is 8.48. The van der Waals surface area contributed by atoms with Crippen LogP contribution in [0.3, 0.4) is 0 Å². The highest BCUT2D eigenvalue weighted by Gasteiger charge is 2.26. The van der Waals surface area contributed by atoms with E-state index >= 15 is 0 Å². The highest BCUT2D eigenvalue weighted by Crippen LogP contribution is 2.29. The first-order chi connectivity index (χ1) is 17.5. The normalized spacial score (nSPS) is 19.7. The molecule has 1 unspecified atom stereocenters. The lowest BCUT2D eigenvalue weighted by molar-refractivity contribution is -0.121. The number of nitrogens with one attached hydrogen (secondary N) is 1. The molecular formula is C29H40N6O. The molecule has 36 heavy (non-hydrogen) atoms. The Hall–Kier alpha value is -2.77. The molecule has 2 saturated heterocycles. The Bertz CT molecular complexity index is 1200. The van der Waals surface area contributed by atoms with Gasteiger partial charge in [0.1, 0.15) is 5.82 Å². The number of fused-ring (bicyclic) bond motifs is 1. The molecule has 7 heteroatoms. The fourth-order valence-electron chi connectivity index (χ4n) is 5.78. The average Bonchev–Trinajstić information content (AvgIpc) is 3.23. The number of aromatic nitrogens is 3. The number of benzene rings is 1. The summed E-state index contributed by atoms with van der Waals surface area (Å²) in [6.07, 6.45) is 9.75. The maximum atomic E-state index is 13.1. The van der Waals surface area contributed by atoms with Crippen LogP contribution < -0.4 is 5.32 Å². The topological polar surface area (TPSA) is 66.3 Å². The van der Waals surface area contributed by atoms with Gasteiger partial charge in [-0.15, -0.1) is 0 Å². The second-order valence-corrected chi connectivity index (χ2v) is 11.1. The number of pyridine rings is 1. The van der Waals surface area contributed by atoms with Crippen molar-refractivity contribution >= 4 is 22.5 Å². The Kier molecular flexibility index (Phi) is 7.67. The van der Waals surface area contributed by atoms with Gasteiger partial charge >= 0.3 is 0 Å². The summed E-state index contributed by atoms with van der Waals surface area (Å²) in [6.45, 7) is 10.7. The van der Waals surface area contributed by atoms with E-state index in [0.717, 1.165) is 68.4 Å². The number of carbonyl (C=O) groups excluding carboxylic acids is 1. The van der Waals surface area contributed by atoms with Crippen LogP contribution >= 0.6 is 0 Å².